The van der Waals surface area contributed by atoms with Crippen LogP contribution in [0.3, 0.4) is 0 Å². The summed E-state index contributed by atoms with van der Waals surface area (Å²) in [5.74, 6) is 0.848. The van der Waals surface area contributed by atoms with Crippen LogP contribution in [0.25, 0.3) is 0 Å². The molecule has 3 heterocycles. The van der Waals surface area contributed by atoms with Gasteiger partial charge in [0.15, 0.2) is 28.7 Å². The Kier molecular flexibility index (Phi) is 7.51. The summed E-state index contributed by atoms with van der Waals surface area (Å²) in [6.45, 7) is 0.581. The summed E-state index contributed by atoms with van der Waals surface area (Å²) >= 11 is 0. The predicted octanol–water partition coefficient (Wildman–Crippen LogP) is 3.50. The Morgan fingerprint density at radius 2 is 1.67 bits per heavy atom. The number of hydrogen-bond donors (Lipinski definition) is 1. The maximum absolute atomic E-state index is 13.7. The van der Waals surface area contributed by atoms with Gasteiger partial charge >= 0.3 is 5.97 Å². The van der Waals surface area contributed by atoms with E-state index in [1.807, 2.05) is 48.5 Å². The van der Waals surface area contributed by atoms with E-state index in [-0.39, 0.29) is 25.1 Å². The lowest BCUT2D eigenvalue weighted by molar-refractivity contribution is -0.141. The van der Waals surface area contributed by atoms with E-state index in [1.165, 1.54) is 7.11 Å². The molecular weight excluding hydrogens is 596 g/mol. The van der Waals surface area contributed by atoms with Crippen LogP contribution in [0, 0.1) is 11.8 Å². The number of amides is 1. The van der Waals surface area contributed by atoms with Crippen LogP contribution in [0.15, 0.2) is 54.7 Å². The van der Waals surface area contributed by atoms with E-state index < -0.39 is 29.7 Å². The molecule has 1 fully saturated rings. The maximum atomic E-state index is 13.7. The summed E-state index contributed by atoms with van der Waals surface area (Å²) in [5.41, 5.74) is 3.40. The number of aromatic nitrogens is 3. The van der Waals surface area contributed by atoms with Gasteiger partial charge in [-0.2, -0.15) is 0 Å². The van der Waals surface area contributed by atoms with Crippen LogP contribution < -0.4 is 33.7 Å². The van der Waals surface area contributed by atoms with E-state index in [1.54, 1.807) is 32.2 Å². The van der Waals surface area contributed by atoms with Gasteiger partial charge in [-0.05, 0) is 58.7 Å². The molecule has 1 saturated heterocycles. The lowest BCUT2D eigenvalue weighted by Gasteiger charge is -2.39. The fraction of sp³-hybridized carbons (Fsp3) is 0.333. The van der Waals surface area contributed by atoms with Crippen molar-refractivity contribution in [2.45, 2.75) is 18.5 Å². The van der Waals surface area contributed by atoms with Gasteiger partial charge < -0.3 is 38.5 Å². The Labute approximate surface area is 264 Å². The summed E-state index contributed by atoms with van der Waals surface area (Å²) in [5, 5.41) is 11.4. The van der Waals surface area contributed by atoms with Crippen LogP contribution in [0.1, 0.15) is 44.7 Å². The van der Waals surface area contributed by atoms with Gasteiger partial charge in [-0.15, -0.1) is 5.10 Å². The molecule has 46 heavy (non-hydrogen) atoms. The van der Waals surface area contributed by atoms with Crippen molar-refractivity contribution >= 4 is 11.9 Å². The van der Waals surface area contributed by atoms with E-state index in [4.69, 9.17) is 33.2 Å². The molecule has 238 valence electrons. The highest BCUT2D eigenvalue weighted by Gasteiger charge is 2.53. The average molecular weight is 629 g/mol. The molecule has 0 saturated carbocycles. The van der Waals surface area contributed by atoms with Crippen LogP contribution >= 0.6 is 0 Å². The summed E-state index contributed by atoms with van der Waals surface area (Å²) in [6.07, 6.45) is 1.59. The quantitative estimate of drug-likeness (QED) is 0.272. The maximum Gasteiger partial charge on any atom is 0.310 e. The third kappa shape index (κ3) is 4.97. The van der Waals surface area contributed by atoms with Gasteiger partial charge in [-0.25, -0.2) is 4.68 Å². The molecule has 13 heteroatoms. The van der Waals surface area contributed by atoms with Crippen molar-refractivity contribution in [3.63, 3.8) is 0 Å². The van der Waals surface area contributed by atoms with Crippen LogP contribution in [-0.2, 0) is 16.1 Å². The minimum Gasteiger partial charge on any atom is -0.497 e. The smallest absolute Gasteiger partial charge is 0.310 e. The molecule has 1 amide bonds. The van der Waals surface area contributed by atoms with Gasteiger partial charge in [0.05, 0.1) is 59.7 Å². The standard InChI is InChI=1S/C33H32N4O9/c1-40-19-7-5-6-17(8-19)13-37-14-23(35-36-37)32(38)34-30-21-12-25-24(45-16-46-25)11-20(21)28(29-22(30)15-44-33(29)39)18-9-26(41-2)31(43-4)27(10-18)42-3/h5-12,14,22,28-30H,13,15-16H2,1-4H3,(H,34,38)/t22-,28+,29-,30-/m0/s1. The second kappa shape index (κ2) is 11.8. The molecule has 3 aromatic carbocycles. The largest absolute Gasteiger partial charge is 0.497 e. The number of nitrogens with one attached hydrogen (secondary N) is 1. The molecule has 0 unspecified atom stereocenters. The van der Waals surface area contributed by atoms with Crippen LogP contribution in [0.5, 0.6) is 34.5 Å². The van der Waals surface area contributed by atoms with Gasteiger partial charge in [-0.1, -0.05) is 17.3 Å². The first-order valence-corrected chi connectivity index (χ1v) is 14.7. The number of methoxy groups -OCH3 is 4. The van der Waals surface area contributed by atoms with Crippen molar-refractivity contribution in [2.24, 2.45) is 11.8 Å². The van der Waals surface area contributed by atoms with Crippen LogP contribution in [-0.4, -0.2) is 68.7 Å². The van der Waals surface area contributed by atoms with E-state index >= 15 is 0 Å². The second-order valence-electron chi connectivity index (χ2n) is 11.2. The molecule has 3 aliphatic rings. The predicted molar refractivity (Wildman–Crippen MR) is 161 cm³/mol. The van der Waals surface area contributed by atoms with E-state index in [9.17, 15) is 9.59 Å². The summed E-state index contributed by atoms with van der Waals surface area (Å²) in [7, 11) is 6.22. The minimum atomic E-state index is -0.635. The highest BCUT2D eigenvalue weighted by atomic mass is 16.7. The van der Waals surface area contributed by atoms with E-state index in [0.29, 0.717) is 35.3 Å². The number of carbonyl (C=O) groups is 2. The molecule has 1 aliphatic carbocycles. The highest BCUT2D eigenvalue weighted by molar-refractivity contribution is 5.92. The van der Waals surface area contributed by atoms with Crippen molar-refractivity contribution in [1.29, 1.82) is 0 Å². The lowest BCUT2D eigenvalue weighted by Crippen LogP contribution is -2.43. The molecule has 1 aromatic heterocycles. The molecule has 0 bridgehead atoms. The first-order valence-electron chi connectivity index (χ1n) is 14.7. The molecule has 13 nitrogen and oxygen atoms in total. The van der Waals surface area contributed by atoms with Crippen molar-refractivity contribution in [2.75, 3.05) is 41.8 Å². The van der Waals surface area contributed by atoms with Crippen molar-refractivity contribution < 1.29 is 42.7 Å². The number of fused-ring (bicyclic) bond motifs is 3. The van der Waals surface area contributed by atoms with E-state index in [2.05, 4.69) is 15.6 Å². The number of esters is 1. The number of benzene rings is 3. The zero-order valence-electron chi connectivity index (χ0n) is 25.6. The Balaban J connectivity index is 1.26. The molecule has 4 aromatic rings. The first-order chi connectivity index (χ1) is 22.4. The van der Waals surface area contributed by atoms with Gasteiger partial charge in [0.2, 0.25) is 12.5 Å². The SMILES string of the molecule is COc1cccc(Cn2cc(C(=O)N[C@H]3c4cc5c(cc4[C@@H](c4cc(OC)c(OC)c(OC)c4)[C@H]4C(=O)OC[C@@H]43)OCO5)nn2)c1. The van der Waals surface area contributed by atoms with Gasteiger partial charge in [0, 0.05) is 11.8 Å². The van der Waals surface area contributed by atoms with Gasteiger partial charge in [0.25, 0.3) is 5.91 Å². The summed E-state index contributed by atoms with van der Waals surface area (Å²) in [4.78, 5) is 27.2. The molecule has 0 radical (unpaired) electrons. The topological polar surface area (TPSA) is 141 Å². The summed E-state index contributed by atoms with van der Waals surface area (Å²) < 4.78 is 40.9. The van der Waals surface area contributed by atoms with Crippen LogP contribution in [0.4, 0.5) is 0 Å². The number of rotatable bonds is 9. The molecule has 7 rings (SSSR count). The Hall–Kier alpha value is -5.46. The second-order valence-corrected chi connectivity index (χ2v) is 11.2. The van der Waals surface area contributed by atoms with Gasteiger partial charge in [0.1, 0.15) is 5.75 Å². The Bertz CT molecular complexity index is 1800. The molecule has 2 aliphatic heterocycles. The lowest BCUT2D eigenvalue weighted by atomic mass is 9.65. The third-order valence-electron chi connectivity index (χ3n) is 8.77. The van der Waals surface area contributed by atoms with Crippen molar-refractivity contribution in [3.05, 3.63) is 82.7 Å². The van der Waals surface area contributed by atoms with Gasteiger partial charge in [-0.3, -0.25) is 9.59 Å². The molecule has 4 atom stereocenters. The number of cyclic esters (lactones) is 1. The number of carbonyl (C=O) groups excluding carboxylic acids is 2. The normalized spacial score (nSPS) is 20.7. The first kappa shape index (κ1) is 29.3. The minimum absolute atomic E-state index is 0.0649. The molecular formula is C33H32N4O9. The highest BCUT2D eigenvalue weighted by Crippen LogP contribution is 2.55. The average Bonchev–Trinajstić information content (AvgIpc) is 3.83. The van der Waals surface area contributed by atoms with E-state index in [0.717, 1.165) is 28.0 Å². The monoisotopic (exact) mass is 628 g/mol. The fourth-order valence-electron chi connectivity index (χ4n) is 6.68. The van der Waals surface area contributed by atoms with Crippen LogP contribution in [0.2, 0.25) is 0 Å². The summed E-state index contributed by atoms with van der Waals surface area (Å²) in [6, 6.07) is 14.4. The number of hydrogen-bond acceptors (Lipinski definition) is 11. The van der Waals surface area contributed by atoms with Crippen molar-refractivity contribution in [3.8, 4) is 34.5 Å². The Morgan fingerprint density at radius 3 is 2.37 bits per heavy atom. The number of nitrogens with zero attached hydrogens (tertiary/aromatic N) is 3. The molecule has 1 N–H and O–H groups in total. The fourth-order valence-corrected chi connectivity index (χ4v) is 6.68. The molecule has 0 spiro atoms. The zero-order chi connectivity index (χ0) is 31.9. The van der Waals surface area contributed by atoms with Crippen molar-refractivity contribution in [1.82, 2.24) is 20.3 Å². The zero-order valence-corrected chi connectivity index (χ0v) is 25.6. The Morgan fingerprint density at radius 1 is 0.935 bits per heavy atom. The number of ether oxygens (including phenoxy) is 7. The third-order valence-corrected chi connectivity index (χ3v) is 8.77.